The van der Waals surface area contributed by atoms with Crippen molar-refractivity contribution in [3.8, 4) is 0 Å². The van der Waals surface area contributed by atoms with Crippen molar-refractivity contribution in [1.82, 2.24) is 9.80 Å². The molecule has 1 aliphatic heterocycles. The summed E-state index contributed by atoms with van der Waals surface area (Å²) in [6, 6.07) is 9.76. The van der Waals surface area contributed by atoms with E-state index in [-0.39, 0.29) is 11.8 Å². The van der Waals surface area contributed by atoms with Crippen molar-refractivity contribution in [2.24, 2.45) is 0 Å². The van der Waals surface area contributed by atoms with E-state index in [9.17, 15) is 9.59 Å². The third-order valence-corrected chi connectivity index (χ3v) is 3.65. The van der Waals surface area contributed by atoms with Crippen LogP contribution in [0, 0.1) is 0 Å². The van der Waals surface area contributed by atoms with Gasteiger partial charge in [-0.25, -0.2) is 0 Å². The first-order chi connectivity index (χ1) is 10.1. The maximum Gasteiger partial charge on any atom is 0.248 e. The standard InChI is InChI=1S/C16H20N2O3/c1-13(14-5-3-2-4-6-14)11-15(20)17-7-9-18(10-8-17)16(21)12-19/h2-6,11,19H,7-10,12H2,1H3/b13-11-. The maximum absolute atomic E-state index is 12.2. The molecule has 1 aromatic carbocycles. The minimum absolute atomic E-state index is 0.0348. The van der Waals surface area contributed by atoms with Crippen LogP contribution < -0.4 is 0 Å². The zero-order valence-electron chi connectivity index (χ0n) is 12.2. The predicted octanol–water partition coefficient (Wildman–Crippen LogP) is 0.753. The SMILES string of the molecule is C/C(=C/C(=O)N1CCN(C(=O)CO)CC1)c1ccccc1. The molecule has 1 aromatic rings. The molecule has 112 valence electrons. The van der Waals surface area contributed by atoms with Crippen LogP contribution in [-0.4, -0.2) is 59.5 Å². The lowest BCUT2D eigenvalue weighted by atomic mass is 10.1. The Bertz CT molecular complexity index is 532. The Morgan fingerprint density at radius 2 is 1.67 bits per heavy atom. The summed E-state index contributed by atoms with van der Waals surface area (Å²) in [5, 5.41) is 8.83. The lowest BCUT2D eigenvalue weighted by Gasteiger charge is -2.34. The van der Waals surface area contributed by atoms with E-state index in [4.69, 9.17) is 5.11 Å². The van der Waals surface area contributed by atoms with Crippen LogP contribution in [0.1, 0.15) is 12.5 Å². The highest BCUT2D eigenvalue weighted by atomic mass is 16.3. The van der Waals surface area contributed by atoms with Gasteiger partial charge in [-0.2, -0.15) is 0 Å². The fourth-order valence-electron chi connectivity index (χ4n) is 2.34. The molecule has 0 spiro atoms. The van der Waals surface area contributed by atoms with Crippen molar-refractivity contribution in [2.75, 3.05) is 32.8 Å². The van der Waals surface area contributed by atoms with E-state index in [2.05, 4.69) is 0 Å². The Balaban J connectivity index is 1.95. The third kappa shape index (κ3) is 3.92. The Labute approximate surface area is 124 Å². The van der Waals surface area contributed by atoms with Crippen LogP contribution in [0.4, 0.5) is 0 Å². The van der Waals surface area contributed by atoms with Crippen molar-refractivity contribution < 1.29 is 14.7 Å². The minimum Gasteiger partial charge on any atom is -0.387 e. The number of amides is 2. The molecule has 1 heterocycles. The van der Waals surface area contributed by atoms with Gasteiger partial charge >= 0.3 is 0 Å². The lowest BCUT2D eigenvalue weighted by Crippen LogP contribution is -2.50. The normalized spacial score (nSPS) is 16.0. The molecule has 0 aliphatic carbocycles. The molecule has 1 fully saturated rings. The van der Waals surface area contributed by atoms with Gasteiger partial charge in [-0.1, -0.05) is 30.3 Å². The van der Waals surface area contributed by atoms with Crippen LogP contribution in [0.25, 0.3) is 5.57 Å². The van der Waals surface area contributed by atoms with E-state index >= 15 is 0 Å². The van der Waals surface area contributed by atoms with E-state index < -0.39 is 6.61 Å². The van der Waals surface area contributed by atoms with Gasteiger partial charge in [0.15, 0.2) is 0 Å². The molecule has 1 saturated heterocycles. The monoisotopic (exact) mass is 288 g/mol. The molecule has 0 atom stereocenters. The zero-order valence-corrected chi connectivity index (χ0v) is 12.2. The van der Waals surface area contributed by atoms with Gasteiger partial charge in [-0.05, 0) is 18.1 Å². The van der Waals surface area contributed by atoms with Crippen LogP contribution >= 0.6 is 0 Å². The molecule has 0 bridgehead atoms. The zero-order chi connectivity index (χ0) is 15.2. The van der Waals surface area contributed by atoms with Gasteiger partial charge in [0.1, 0.15) is 6.61 Å². The van der Waals surface area contributed by atoms with Crippen LogP contribution in [0.3, 0.4) is 0 Å². The smallest absolute Gasteiger partial charge is 0.248 e. The number of hydrogen-bond donors (Lipinski definition) is 1. The quantitative estimate of drug-likeness (QED) is 0.835. The maximum atomic E-state index is 12.2. The summed E-state index contributed by atoms with van der Waals surface area (Å²) in [4.78, 5) is 26.9. The lowest BCUT2D eigenvalue weighted by molar-refractivity contribution is -0.139. The Kier molecular flexibility index (Phi) is 5.11. The van der Waals surface area contributed by atoms with E-state index in [0.29, 0.717) is 26.2 Å². The number of nitrogens with zero attached hydrogens (tertiary/aromatic N) is 2. The number of allylic oxidation sites excluding steroid dienone is 1. The molecule has 2 rings (SSSR count). The number of carbonyl (C=O) groups excluding carboxylic acids is 2. The average molecular weight is 288 g/mol. The second kappa shape index (κ2) is 7.04. The van der Waals surface area contributed by atoms with Crippen LogP contribution in [-0.2, 0) is 9.59 Å². The molecule has 0 saturated carbocycles. The summed E-state index contributed by atoms with van der Waals surface area (Å²) in [5.74, 6) is -0.314. The number of aliphatic hydroxyl groups excluding tert-OH is 1. The van der Waals surface area contributed by atoms with E-state index in [1.165, 1.54) is 0 Å². The number of piperazine rings is 1. The minimum atomic E-state index is -0.471. The topological polar surface area (TPSA) is 60.9 Å². The van der Waals surface area contributed by atoms with Gasteiger partial charge in [0.2, 0.25) is 11.8 Å². The van der Waals surface area contributed by atoms with Gasteiger partial charge in [0.25, 0.3) is 0 Å². The first-order valence-corrected chi connectivity index (χ1v) is 7.03. The highest BCUT2D eigenvalue weighted by molar-refractivity contribution is 5.95. The summed E-state index contributed by atoms with van der Waals surface area (Å²) >= 11 is 0. The van der Waals surface area contributed by atoms with Gasteiger partial charge in [0.05, 0.1) is 0 Å². The van der Waals surface area contributed by atoms with E-state index in [1.807, 2.05) is 37.3 Å². The predicted molar refractivity (Wildman–Crippen MR) is 80.3 cm³/mol. The third-order valence-electron chi connectivity index (χ3n) is 3.65. The first kappa shape index (κ1) is 15.3. The van der Waals surface area contributed by atoms with Gasteiger partial charge in [0, 0.05) is 32.3 Å². The van der Waals surface area contributed by atoms with Crippen molar-refractivity contribution >= 4 is 17.4 Å². The molecule has 5 nitrogen and oxygen atoms in total. The molecule has 21 heavy (non-hydrogen) atoms. The van der Waals surface area contributed by atoms with Crippen molar-refractivity contribution in [2.45, 2.75) is 6.92 Å². The summed E-state index contributed by atoms with van der Waals surface area (Å²) in [6.07, 6.45) is 1.64. The molecule has 5 heteroatoms. The summed E-state index contributed by atoms with van der Waals surface area (Å²) in [5.41, 5.74) is 1.95. The summed E-state index contributed by atoms with van der Waals surface area (Å²) in [7, 11) is 0. The van der Waals surface area contributed by atoms with Crippen LogP contribution in [0.5, 0.6) is 0 Å². The molecule has 1 N–H and O–H groups in total. The van der Waals surface area contributed by atoms with E-state index in [0.717, 1.165) is 11.1 Å². The fourth-order valence-corrected chi connectivity index (χ4v) is 2.34. The number of hydrogen-bond acceptors (Lipinski definition) is 3. The number of carbonyl (C=O) groups is 2. The van der Waals surface area contributed by atoms with Gasteiger partial charge < -0.3 is 14.9 Å². The largest absolute Gasteiger partial charge is 0.387 e. The molecule has 0 unspecified atom stereocenters. The number of benzene rings is 1. The van der Waals surface area contributed by atoms with Crippen LogP contribution in [0.2, 0.25) is 0 Å². The first-order valence-electron chi connectivity index (χ1n) is 7.03. The van der Waals surface area contributed by atoms with Gasteiger partial charge in [-0.15, -0.1) is 0 Å². The molecular formula is C16H20N2O3. The highest BCUT2D eigenvalue weighted by Crippen LogP contribution is 2.13. The molecule has 1 aliphatic rings. The second-order valence-corrected chi connectivity index (χ2v) is 5.06. The Hall–Kier alpha value is -2.14. The summed E-state index contributed by atoms with van der Waals surface area (Å²) < 4.78 is 0. The number of rotatable bonds is 3. The average Bonchev–Trinajstić information content (AvgIpc) is 2.55. The number of aliphatic hydroxyl groups is 1. The Morgan fingerprint density at radius 3 is 2.24 bits per heavy atom. The fraction of sp³-hybridized carbons (Fsp3) is 0.375. The molecule has 2 amide bonds. The highest BCUT2D eigenvalue weighted by Gasteiger charge is 2.22. The molecule has 0 radical (unpaired) electrons. The van der Waals surface area contributed by atoms with E-state index in [1.54, 1.807) is 15.9 Å². The van der Waals surface area contributed by atoms with Crippen molar-refractivity contribution in [3.63, 3.8) is 0 Å². The van der Waals surface area contributed by atoms with Gasteiger partial charge in [-0.3, -0.25) is 9.59 Å². The van der Waals surface area contributed by atoms with Crippen molar-refractivity contribution in [3.05, 3.63) is 42.0 Å². The summed E-state index contributed by atoms with van der Waals surface area (Å²) in [6.45, 7) is 3.40. The molecule has 0 aromatic heterocycles. The van der Waals surface area contributed by atoms with Crippen molar-refractivity contribution in [1.29, 1.82) is 0 Å². The Morgan fingerprint density at radius 1 is 1.10 bits per heavy atom. The van der Waals surface area contributed by atoms with Crippen LogP contribution in [0.15, 0.2) is 36.4 Å². The second-order valence-electron chi connectivity index (χ2n) is 5.06. The molecular weight excluding hydrogens is 268 g/mol.